The third-order valence-corrected chi connectivity index (χ3v) is 7.81. The van der Waals surface area contributed by atoms with Crippen molar-refractivity contribution in [1.29, 1.82) is 0 Å². The van der Waals surface area contributed by atoms with Crippen LogP contribution in [0.3, 0.4) is 0 Å². The molecule has 1 aliphatic heterocycles. The molecule has 45 heavy (non-hydrogen) atoms. The van der Waals surface area contributed by atoms with Gasteiger partial charge >= 0.3 is 18.2 Å². The van der Waals surface area contributed by atoms with Gasteiger partial charge in [0.1, 0.15) is 5.82 Å². The normalized spacial score (nSPS) is 17.8. The van der Waals surface area contributed by atoms with Crippen LogP contribution in [0, 0.1) is 11.6 Å². The Morgan fingerprint density at radius 3 is 2.36 bits per heavy atom. The van der Waals surface area contributed by atoms with Crippen LogP contribution in [0.1, 0.15) is 54.0 Å². The molecule has 2 unspecified atom stereocenters. The molecule has 0 spiro atoms. The number of aliphatic carboxylic acids is 1. The summed E-state index contributed by atoms with van der Waals surface area (Å²) in [7, 11) is 1.23. The van der Waals surface area contributed by atoms with Gasteiger partial charge in [0.05, 0.1) is 31.2 Å². The van der Waals surface area contributed by atoms with E-state index < -0.39 is 71.4 Å². The molecule has 240 valence electrons. The summed E-state index contributed by atoms with van der Waals surface area (Å²) in [4.78, 5) is 40.9. The molecule has 3 atom stereocenters. The summed E-state index contributed by atoms with van der Waals surface area (Å²) >= 11 is 0. The van der Waals surface area contributed by atoms with E-state index in [1.807, 2.05) is 0 Å². The fraction of sp³-hybridized carbons (Fsp3) is 0.344. The fourth-order valence-electron chi connectivity index (χ4n) is 5.50. The summed E-state index contributed by atoms with van der Waals surface area (Å²) < 4.78 is 77.4. The maximum atomic E-state index is 15.6. The van der Waals surface area contributed by atoms with Crippen molar-refractivity contribution >= 4 is 17.9 Å². The highest BCUT2D eigenvalue weighted by Gasteiger charge is 2.47. The predicted molar refractivity (Wildman–Crippen MR) is 153 cm³/mol. The van der Waals surface area contributed by atoms with E-state index in [9.17, 15) is 31.9 Å². The smallest absolute Gasteiger partial charge is 0.416 e. The number of imide groups is 1. The van der Waals surface area contributed by atoms with Gasteiger partial charge < -0.3 is 20.1 Å². The number of benzene rings is 3. The summed E-state index contributed by atoms with van der Waals surface area (Å²) in [6, 6.07) is 12.3. The van der Waals surface area contributed by atoms with Crippen LogP contribution in [0.5, 0.6) is 5.75 Å². The van der Waals surface area contributed by atoms with Gasteiger partial charge in [0.15, 0.2) is 11.6 Å². The Bertz CT molecular complexity index is 1540. The number of nitrogens with zero attached hydrogens (tertiary/aromatic N) is 2. The molecule has 0 radical (unpaired) electrons. The molecule has 1 saturated heterocycles. The number of methoxy groups -OCH3 is 1. The van der Waals surface area contributed by atoms with E-state index in [1.165, 1.54) is 32.2 Å². The zero-order valence-electron chi connectivity index (χ0n) is 24.5. The Morgan fingerprint density at radius 2 is 1.71 bits per heavy atom. The van der Waals surface area contributed by atoms with Crippen LogP contribution in [0.25, 0.3) is 0 Å². The Morgan fingerprint density at radius 1 is 1.02 bits per heavy atom. The largest absolute Gasteiger partial charge is 0.494 e. The van der Waals surface area contributed by atoms with Crippen molar-refractivity contribution in [3.63, 3.8) is 0 Å². The molecule has 3 aromatic carbocycles. The minimum atomic E-state index is -4.94. The van der Waals surface area contributed by atoms with Crippen molar-refractivity contribution in [2.24, 2.45) is 0 Å². The third-order valence-electron chi connectivity index (χ3n) is 7.81. The van der Waals surface area contributed by atoms with E-state index in [0.29, 0.717) is 11.6 Å². The number of alkyl halides is 3. The predicted octanol–water partition coefficient (Wildman–Crippen LogP) is 6.12. The molecule has 2 N–H and O–H groups in total. The van der Waals surface area contributed by atoms with Crippen LogP contribution >= 0.6 is 0 Å². The number of halogens is 5. The molecule has 1 fully saturated rings. The monoisotopic (exact) mass is 633 g/mol. The number of urea groups is 1. The fourth-order valence-corrected chi connectivity index (χ4v) is 5.50. The van der Waals surface area contributed by atoms with Gasteiger partial charge in [-0.15, -0.1) is 0 Å². The van der Waals surface area contributed by atoms with E-state index in [-0.39, 0.29) is 37.2 Å². The van der Waals surface area contributed by atoms with Crippen LogP contribution in [-0.2, 0) is 22.3 Å². The number of nitrogens with one attached hydrogen (secondary N) is 1. The molecule has 0 aromatic heterocycles. The molecule has 3 aromatic rings. The lowest BCUT2D eigenvalue weighted by Crippen LogP contribution is -2.61. The summed E-state index contributed by atoms with van der Waals surface area (Å²) in [6.07, 6.45) is -4.84. The zero-order valence-corrected chi connectivity index (χ0v) is 24.5. The zero-order chi connectivity index (χ0) is 32.9. The van der Waals surface area contributed by atoms with Crippen molar-refractivity contribution in [2.45, 2.75) is 50.5 Å². The first-order valence-electron chi connectivity index (χ1n) is 14.1. The second kappa shape index (κ2) is 14.1. The number of carbonyl (C=O) groups excluding carboxylic acids is 2. The second-order valence-electron chi connectivity index (χ2n) is 10.6. The lowest BCUT2D eigenvalue weighted by molar-refractivity contribution is -0.140. The number of carboxylic acids is 1. The lowest BCUT2D eigenvalue weighted by atomic mass is 9.86. The third kappa shape index (κ3) is 7.42. The highest BCUT2D eigenvalue weighted by molar-refractivity contribution is 6.01. The summed E-state index contributed by atoms with van der Waals surface area (Å²) in [5.41, 5.74) is -1.59. The van der Waals surface area contributed by atoms with E-state index in [0.717, 1.165) is 21.9 Å². The van der Waals surface area contributed by atoms with Gasteiger partial charge in [-0.2, -0.15) is 13.2 Å². The Kier molecular flexibility index (Phi) is 10.4. The van der Waals surface area contributed by atoms with Crippen LogP contribution in [0.2, 0.25) is 0 Å². The molecular formula is C32H32F5N3O5. The Balaban J connectivity index is 1.79. The first kappa shape index (κ1) is 33.4. The van der Waals surface area contributed by atoms with Crippen molar-refractivity contribution in [3.05, 3.63) is 101 Å². The minimum Gasteiger partial charge on any atom is -0.494 e. The lowest BCUT2D eigenvalue weighted by Gasteiger charge is -2.44. The van der Waals surface area contributed by atoms with Crippen molar-refractivity contribution in [2.75, 3.05) is 20.2 Å². The van der Waals surface area contributed by atoms with Gasteiger partial charge in [0.25, 0.3) is 0 Å². The molecule has 1 aliphatic rings. The highest BCUT2D eigenvalue weighted by Crippen LogP contribution is 2.39. The van der Waals surface area contributed by atoms with E-state index in [4.69, 9.17) is 9.84 Å². The highest BCUT2D eigenvalue weighted by atomic mass is 19.4. The minimum absolute atomic E-state index is 0.136. The van der Waals surface area contributed by atoms with Crippen molar-refractivity contribution in [1.82, 2.24) is 15.1 Å². The molecule has 0 aliphatic carbocycles. The van der Waals surface area contributed by atoms with Gasteiger partial charge in [0, 0.05) is 30.1 Å². The standard InChI is InChI=1S/C32H32F5N3O5/c1-19-28(21-11-6-14-26(45-2)29(21)34)30(43)40(18-25(20-9-4-3-5-10-20)38-16-8-15-27(41)42)31(44)39(19)17-22-23(32(35,36)37)12-7-13-24(22)33/h3-7,9-14,19,25,28,38H,8,15-18H2,1-2H3,(H,41,42)/t19?,25-,28?/m0/s1. The molecule has 0 bridgehead atoms. The van der Waals surface area contributed by atoms with Crippen molar-refractivity contribution < 1.29 is 46.2 Å². The van der Waals surface area contributed by atoms with Crippen LogP contribution < -0.4 is 10.1 Å². The van der Waals surface area contributed by atoms with Gasteiger partial charge in [0.2, 0.25) is 5.91 Å². The molecule has 8 nitrogen and oxygen atoms in total. The SMILES string of the molecule is COc1cccc(C2C(=O)N(C[C@H](NCCCC(=O)O)c3ccccc3)C(=O)N(Cc3c(F)cccc3C(F)(F)F)C2C)c1F. The van der Waals surface area contributed by atoms with E-state index >= 15 is 4.39 Å². The average Bonchev–Trinajstić information content (AvgIpc) is 2.99. The maximum Gasteiger partial charge on any atom is 0.416 e. The van der Waals surface area contributed by atoms with Crippen LogP contribution in [0.15, 0.2) is 66.7 Å². The van der Waals surface area contributed by atoms with Gasteiger partial charge in [-0.1, -0.05) is 48.5 Å². The molecule has 4 rings (SSSR count). The maximum absolute atomic E-state index is 15.6. The van der Waals surface area contributed by atoms with Gasteiger partial charge in [-0.05, 0) is 43.7 Å². The topological polar surface area (TPSA) is 99.2 Å². The van der Waals surface area contributed by atoms with Crippen LogP contribution in [0.4, 0.5) is 26.7 Å². The van der Waals surface area contributed by atoms with E-state index in [1.54, 1.807) is 30.3 Å². The number of amides is 3. The van der Waals surface area contributed by atoms with Gasteiger partial charge in [-0.25, -0.2) is 13.6 Å². The molecule has 3 amide bonds. The number of rotatable bonds is 12. The van der Waals surface area contributed by atoms with Crippen LogP contribution in [-0.4, -0.2) is 59.1 Å². The number of ether oxygens (including phenoxy) is 1. The van der Waals surface area contributed by atoms with Gasteiger partial charge in [-0.3, -0.25) is 14.5 Å². The quantitative estimate of drug-likeness (QED) is 0.184. The first-order valence-corrected chi connectivity index (χ1v) is 14.1. The molecular weight excluding hydrogens is 601 g/mol. The molecule has 0 saturated carbocycles. The molecule has 13 heteroatoms. The Hall–Kier alpha value is -4.52. The van der Waals surface area contributed by atoms with Crippen molar-refractivity contribution in [3.8, 4) is 5.75 Å². The summed E-state index contributed by atoms with van der Waals surface area (Å²) in [6.45, 7) is 0.406. The number of hydrogen-bond acceptors (Lipinski definition) is 5. The first-order chi connectivity index (χ1) is 21.3. The Labute approximate surface area is 256 Å². The summed E-state index contributed by atoms with van der Waals surface area (Å²) in [5.74, 6) is -5.46. The summed E-state index contributed by atoms with van der Waals surface area (Å²) in [5, 5.41) is 12.2. The van der Waals surface area contributed by atoms with E-state index in [2.05, 4.69) is 5.32 Å². The number of hydrogen-bond donors (Lipinski definition) is 2. The molecule has 1 heterocycles. The number of carboxylic acid groups (broad SMARTS) is 1. The average molecular weight is 634 g/mol. The second-order valence-corrected chi connectivity index (χ2v) is 10.6. The number of carbonyl (C=O) groups is 3.